The SMILES string of the molecule is CC(=O)c1ccn(C(=O)N2C[C@H]3C[C@@H](Oc4cccc(-c5ccccc5)c4)C[C@H]3C2)n1. The van der Waals surface area contributed by atoms with Crippen molar-refractivity contribution in [2.24, 2.45) is 11.8 Å². The summed E-state index contributed by atoms with van der Waals surface area (Å²) in [5.41, 5.74) is 2.65. The van der Waals surface area contributed by atoms with Gasteiger partial charge in [0, 0.05) is 26.2 Å². The van der Waals surface area contributed by atoms with Gasteiger partial charge in [-0.3, -0.25) is 4.79 Å². The average molecular weight is 415 g/mol. The number of hydrogen-bond donors (Lipinski definition) is 0. The molecule has 31 heavy (non-hydrogen) atoms. The van der Waals surface area contributed by atoms with E-state index in [9.17, 15) is 9.59 Å². The van der Waals surface area contributed by atoms with E-state index in [0.717, 1.165) is 24.2 Å². The van der Waals surface area contributed by atoms with Crippen molar-refractivity contribution in [1.82, 2.24) is 14.7 Å². The fourth-order valence-corrected chi connectivity index (χ4v) is 4.83. The highest BCUT2D eigenvalue weighted by Crippen LogP contribution is 2.40. The van der Waals surface area contributed by atoms with Crippen molar-refractivity contribution >= 4 is 11.8 Å². The molecule has 2 aromatic carbocycles. The average Bonchev–Trinajstić information content (AvgIpc) is 3.49. The molecule has 1 aliphatic heterocycles. The van der Waals surface area contributed by atoms with E-state index in [-0.39, 0.29) is 17.9 Å². The van der Waals surface area contributed by atoms with Crippen molar-refractivity contribution in [3.8, 4) is 16.9 Å². The maximum atomic E-state index is 12.7. The zero-order chi connectivity index (χ0) is 21.4. The standard InChI is InChI=1S/C25H25N3O3/c1-17(29)24-10-11-28(26-24)25(30)27-15-20-13-23(14-21(20)16-27)31-22-9-5-8-19(12-22)18-6-3-2-4-7-18/h2-12,20-21,23H,13-16H2,1H3/t20-,21+,23-. The zero-order valence-corrected chi connectivity index (χ0v) is 17.5. The van der Waals surface area contributed by atoms with Crippen LogP contribution in [0.25, 0.3) is 11.1 Å². The van der Waals surface area contributed by atoms with Crippen LogP contribution in [0.3, 0.4) is 0 Å². The van der Waals surface area contributed by atoms with Crippen LogP contribution in [0.2, 0.25) is 0 Å². The van der Waals surface area contributed by atoms with Crippen LogP contribution >= 0.6 is 0 Å². The van der Waals surface area contributed by atoms with Gasteiger partial charge in [-0.25, -0.2) is 4.79 Å². The van der Waals surface area contributed by atoms with Crippen molar-refractivity contribution in [2.75, 3.05) is 13.1 Å². The van der Waals surface area contributed by atoms with Gasteiger partial charge in [0.1, 0.15) is 11.4 Å². The number of carbonyl (C=O) groups excluding carboxylic acids is 2. The summed E-state index contributed by atoms with van der Waals surface area (Å²) in [6.07, 6.45) is 3.63. The summed E-state index contributed by atoms with van der Waals surface area (Å²) in [5, 5.41) is 4.10. The summed E-state index contributed by atoms with van der Waals surface area (Å²) in [5.74, 6) is 1.64. The second kappa shape index (κ2) is 8.02. The summed E-state index contributed by atoms with van der Waals surface area (Å²) < 4.78 is 7.60. The minimum Gasteiger partial charge on any atom is -0.490 e. The lowest BCUT2D eigenvalue weighted by molar-refractivity contribution is 0.101. The van der Waals surface area contributed by atoms with Crippen LogP contribution in [0.5, 0.6) is 5.75 Å². The number of carbonyl (C=O) groups is 2. The number of Topliss-reactive ketones (excluding diaryl/α,β-unsaturated/α-hetero) is 1. The van der Waals surface area contributed by atoms with Gasteiger partial charge >= 0.3 is 6.03 Å². The van der Waals surface area contributed by atoms with E-state index in [1.807, 2.05) is 35.2 Å². The number of nitrogens with zero attached hydrogens (tertiary/aromatic N) is 3. The first-order valence-corrected chi connectivity index (χ1v) is 10.7. The number of aromatic nitrogens is 2. The third-order valence-corrected chi connectivity index (χ3v) is 6.37. The number of ether oxygens (including phenoxy) is 1. The topological polar surface area (TPSA) is 64.4 Å². The summed E-state index contributed by atoms with van der Waals surface area (Å²) >= 11 is 0. The fourth-order valence-electron chi connectivity index (χ4n) is 4.83. The number of amides is 1. The molecular formula is C25H25N3O3. The van der Waals surface area contributed by atoms with Gasteiger partial charge in [0.25, 0.3) is 0 Å². The lowest BCUT2D eigenvalue weighted by Gasteiger charge is -2.20. The molecular weight excluding hydrogens is 390 g/mol. The van der Waals surface area contributed by atoms with Crippen molar-refractivity contribution in [2.45, 2.75) is 25.9 Å². The highest BCUT2D eigenvalue weighted by atomic mass is 16.5. The quantitative estimate of drug-likeness (QED) is 0.588. The Balaban J connectivity index is 1.20. The van der Waals surface area contributed by atoms with Crippen LogP contribution in [-0.2, 0) is 0 Å². The van der Waals surface area contributed by atoms with Crippen LogP contribution in [0.15, 0.2) is 66.9 Å². The molecule has 6 heteroatoms. The third kappa shape index (κ3) is 3.98. The Morgan fingerprint density at radius 1 is 0.935 bits per heavy atom. The molecule has 1 saturated heterocycles. The maximum Gasteiger partial charge on any atom is 0.344 e. The Morgan fingerprint density at radius 3 is 2.32 bits per heavy atom. The van der Waals surface area contributed by atoms with Crippen molar-refractivity contribution in [3.63, 3.8) is 0 Å². The molecule has 2 aliphatic rings. The second-order valence-electron chi connectivity index (χ2n) is 8.51. The van der Waals surface area contributed by atoms with Crippen LogP contribution in [-0.4, -0.2) is 45.7 Å². The molecule has 2 fully saturated rings. The molecule has 1 aliphatic carbocycles. The van der Waals surface area contributed by atoms with Gasteiger partial charge in [0.05, 0.1) is 6.10 Å². The van der Waals surface area contributed by atoms with E-state index < -0.39 is 0 Å². The van der Waals surface area contributed by atoms with Crippen LogP contribution < -0.4 is 4.74 Å². The molecule has 1 saturated carbocycles. The summed E-state index contributed by atoms with van der Waals surface area (Å²) in [7, 11) is 0. The third-order valence-electron chi connectivity index (χ3n) is 6.37. The Bertz CT molecular complexity index is 1090. The summed E-state index contributed by atoms with van der Waals surface area (Å²) in [6, 6.07) is 20.0. The van der Waals surface area contributed by atoms with Gasteiger partial charge in [-0.2, -0.15) is 9.78 Å². The number of likely N-dealkylation sites (tertiary alicyclic amines) is 1. The van der Waals surface area contributed by atoms with E-state index in [4.69, 9.17) is 4.74 Å². The van der Waals surface area contributed by atoms with Gasteiger partial charge in [-0.15, -0.1) is 0 Å². The zero-order valence-electron chi connectivity index (χ0n) is 17.5. The van der Waals surface area contributed by atoms with Crippen LogP contribution in [0, 0.1) is 11.8 Å². The molecule has 1 amide bonds. The van der Waals surface area contributed by atoms with Crippen molar-refractivity contribution in [1.29, 1.82) is 0 Å². The molecule has 3 atom stereocenters. The number of rotatable bonds is 4. The maximum absolute atomic E-state index is 12.7. The molecule has 158 valence electrons. The molecule has 0 radical (unpaired) electrons. The minimum absolute atomic E-state index is 0.138. The number of fused-ring (bicyclic) bond motifs is 1. The monoisotopic (exact) mass is 415 g/mol. The smallest absolute Gasteiger partial charge is 0.344 e. The van der Waals surface area contributed by atoms with Crippen molar-refractivity contribution < 1.29 is 14.3 Å². The number of benzene rings is 2. The second-order valence-corrected chi connectivity index (χ2v) is 8.51. The number of ketones is 1. The molecule has 2 heterocycles. The molecule has 0 bridgehead atoms. The first kappa shape index (κ1) is 19.5. The highest BCUT2D eigenvalue weighted by Gasteiger charge is 2.43. The lowest BCUT2D eigenvalue weighted by atomic mass is 10.0. The predicted molar refractivity (Wildman–Crippen MR) is 117 cm³/mol. The normalized spacial score (nSPS) is 22.4. The summed E-state index contributed by atoms with van der Waals surface area (Å²) in [6.45, 7) is 2.87. The van der Waals surface area contributed by atoms with Gasteiger partial charge < -0.3 is 9.64 Å². The van der Waals surface area contributed by atoms with Gasteiger partial charge in [0.15, 0.2) is 5.78 Å². The molecule has 0 spiro atoms. The minimum atomic E-state index is -0.157. The van der Waals surface area contributed by atoms with Gasteiger partial charge in [-0.05, 0) is 54.0 Å². The Kier molecular flexibility index (Phi) is 5.06. The van der Waals surface area contributed by atoms with E-state index in [2.05, 4.69) is 29.4 Å². The predicted octanol–water partition coefficient (Wildman–Crippen LogP) is 4.51. The molecule has 5 rings (SSSR count). The highest BCUT2D eigenvalue weighted by molar-refractivity contribution is 5.92. The fraction of sp³-hybridized carbons (Fsp3) is 0.320. The molecule has 1 aromatic heterocycles. The molecule has 0 unspecified atom stereocenters. The Hall–Kier alpha value is -3.41. The van der Waals surface area contributed by atoms with E-state index in [1.54, 1.807) is 12.3 Å². The number of hydrogen-bond acceptors (Lipinski definition) is 4. The lowest BCUT2D eigenvalue weighted by Crippen LogP contribution is -2.34. The first-order valence-electron chi connectivity index (χ1n) is 10.7. The Labute approximate surface area is 181 Å². The molecule has 3 aromatic rings. The summed E-state index contributed by atoms with van der Waals surface area (Å²) in [4.78, 5) is 26.0. The van der Waals surface area contributed by atoms with Gasteiger partial charge in [0.2, 0.25) is 0 Å². The van der Waals surface area contributed by atoms with E-state index in [1.165, 1.54) is 17.2 Å². The first-order chi connectivity index (χ1) is 15.1. The molecule has 0 N–H and O–H groups in total. The van der Waals surface area contributed by atoms with Crippen molar-refractivity contribution in [3.05, 3.63) is 72.6 Å². The van der Waals surface area contributed by atoms with E-state index in [0.29, 0.717) is 30.6 Å². The van der Waals surface area contributed by atoms with E-state index >= 15 is 0 Å². The largest absolute Gasteiger partial charge is 0.490 e. The molecule has 6 nitrogen and oxygen atoms in total. The Morgan fingerprint density at radius 2 is 1.65 bits per heavy atom. The van der Waals surface area contributed by atoms with Gasteiger partial charge in [-0.1, -0.05) is 42.5 Å². The van der Waals surface area contributed by atoms with Crippen LogP contribution in [0.1, 0.15) is 30.3 Å². The van der Waals surface area contributed by atoms with Crippen LogP contribution in [0.4, 0.5) is 4.79 Å².